The maximum atomic E-state index is 5.76. The number of nitrogens with one attached hydrogen (secondary N) is 1. The Labute approximate surface area is 90.5 Å². The number of thiazole rings is 1. The number of hydrogen-bond acceptors (Lipinski definition) is 4. The Kier molecular flexibility index (Phi) is 2.69. The standard InChI is InChI=1S/C8H9ClN4S/c1-13-5-6(2-12-13)10-4-8-11-3-7(9)14-8/h2-3,5,10H,4H2,1H3. The Balaban J connectivity index is 1.94. The Hall–Kier alpha value is -1.07. The molecule has 2 heterocycles. The van der Waals surface area contributed by atoms with E-state index < -0.39 is 0 Å². The zero-order valence-electron chi connectivity index (χ0n) is 7.57. The molecule has 2 rings (SSSR count). The third-order valence-corrected chi connectivity index (χ3v) is 2.79. The zero-order chi connectivity index (χ0) is 9.97. The lowest BCUT2D eigenvalue weighted by Gasteiger charge is -1.98. The molecule has 0 atom stereocenters. The zero-order valence-corrected chi connectivity index (χ0v) is 9.14. The molecular weight excluding hydrogens is 220 g/mol. The van der Waals surface area contributed by atoms with E-state index >= 15 is 0 Å². The molecule has 0 unspecified atom stereocenters. The van der Waals surface area contributed by atoms with E-state index in [2.05, 4.69) is 15.4 Å². The first-order valence-corrected chi connectivity index (χ1v) is 5.26. The molecule has 0 saturated heterocycles. The summed E-state index contributed by atoms with van der Waals surface area (Å²) >= 11 is 7.24. The molecule has 2 aromatic heterocycles. The number of anilines is 1. The van der Waals surface area contributed by atoms with Crippen LogP contribution in [0.5, 0.6) is 0 Å². The second kappa shape index (κ2) is 3.98. The molecule has 0 saturated carbocycles. The minimum atomic E-state index is 0.684. The van der Waals surface area contributed by atoms with Gasteiger partial charge in [-0.15, -0.1) is 11.3 Å². The summed E-state index contributed by atoms with van der Waals surface area (Å²) in [6.45, 7) is 0.684. The van der Waals surface area contributed by atoms with Crippen LogP contribution in [-0.4, -0.2) is 14.8 Å². The monoisotopic (exact) mass is 228 g/mol. The van der Waals surface area contributed by atoms with Gasteiger partial charge in [0.1, 0.15) is 9.34 Å². The first-order chi connectivity index (χ1) is 6.74. The van der Waals surface area contributed by atoms with Gasteiger partial charge in [-0.1, -0.05) is 11.6 Å². The molecule has 0 amide bonds. The normalized spacial score (nSPS) is 10.4. The van der Waals surface area contributed by atoms with Gasteiger partial charge in [-0.3, -0.25) is 4.68 Å². The highest BCUT2D eigenvalue weighted by Crippen LogP contribution is 2.19. The van der Waals surface area contributed by atoms with Crippen LogP contribution < -0.4 is 5.32 Å². The van der Waals surface area contributed by atoms with Gasteiger partial charge in [0, 0.05) is 13.2 Å². The van der Waals surface area contributed by atoms with E-state index in [1.165, 1.54) is 11.3 Å². The fourth-order valence-electron chi connectivity index (χ4n) is 1.06. The average Bonchev–Trinajstić information content (AvgIpc) is 2.72. The highest BCUT2D eigenvalue weighted by atomic mass is 35.5. The molecular formula is C8H9ClN4S. The molecule has 0 spiro atoms. The smallest absolute Gasteiger partial charge is 0.113 e. The van der Waals surface area contributed by atoms with Crippen LogP contribution in [-0.2, 0) is 13.6 Å². The number of rotatable bonds is 3. The van der Waals surface area contributed by atoms with Gasteiger partial charge in [0.25, 0.3) is 0 Å². The topological polar surface area (TPSA) is 42.7 Å². The molecule has 0 aliphatic rings. The minimum Gasteiger partial charge on any atom is -0.376 e. The van der Waals surface area contributed by atoms with E-state index in [0.717, 1.165) is 10.7 Å². The summed E-state index contributed by atoms with van der Waals surface area (Å²) in [6.07, 6.45) is 5.34. The van der Waals surface area contributed by atoms with E-state index in [0.29, 0.717) is 10.9 Å². The molecule has 0 aliphatic carbocycles. The van der Waals surface area contributed by atoms with Crippen LogP contribution in [0.4, 0.5) is 5.69 Å². The number of halogens is 1. The molecule has 74 valence electrons. The van der Waals surface area contributed by atoms with Crippen molar-refractivity contribution in [1.82, 2.24) is 14.8 Å². The highest BCUT2D eigenvalue weighted by molar-refractivity contribution is 7.15. The summed E-state index contributed by atoms with van der Waals surface area (Å²) in [5.74, 6) is 0. The second-order valence-electron chi connectivity index (χ2n) is 2.81. The summed E-state index contributed by atoms with van der Waals surface area (Å²) in [4.78, 5) is 4.13. The maximum Gasteiger partial charge on any atom is 0.113 e. The van der Waals surface area contributed by atoms with Crippen molar-refractivity contribution in [3.63, 3.8) is 0 Å². The van der Waals surface area contributed by atoms with Crippen LogP contribution in [0, 0.1) is 0 Å². The predicted molar refractivity (Wildman–Crippen MR) is 57.7 cm³/mol. The molecule has 6 heteroatoms. The second-order valence-corrected chi connectivity index (χ2v) is 4.56. The molecule has 0 aromatic carbocycles. The van der Waals surface area contributed by atoms with Crippen LogP contribution in [0.2, 0.25) is 4.34 Å². The van der Waals surface area contributed by atoms with Gasteiger partial charge < -0.3 is 5.32 Å². The number of aryl methyl sites for hydroxylation is 1. The van der Waals surface area contributed by atoms with Gasteiger partial charge in [-0.2, -0.15) is 5.10 Å². The molecule has 14 heavy (non-hydrogen) atoms. The van der Waals surface area contributed by atoms with Crippen LogP contribution in [0.25, 0.3) is 0 Å². The van der Waals surface area contributed by atoms with Crippen molar-refractivity contribution >= 4 is 28.6 Å². The van der Waals surface area contributed by atoms with Gasteiger partial charge in [0.05, 0.1) is 24.6 Å². The SMILES string of the molecule is Cn1cc(NCc2ncc(Cl)s2)cn1. The van der Waals surface area contributed by atoms with Gasteiger partial charge in [-0.25, -0.2) is 4.98 Å². The Morgan fingerprint density at radius 2 is 2.43 bits per heavy atom. The number of hydrogen-bond donors (Lipinski definition) is 1. The Morgan fingerprint density at radius 1 is 1.57 bits per heavy atom. The molecule has 2 aromatic rings. The highest BCUT2D eigenvalue weighted by Gasteiger charge is 2.00. The lowest BCUT2D eigenvalue weighted by atomic mass is 10.5. The van der Waals surface area contributed by atoms with E-state index in [4.69, 9.17) is 11.6 Å². The first kappa shape index (κ1) is 9.48. The van der Waals surface area contributed by atoms with Crippen LogP contribution in [0.15, 0.2) is 18.6 Å². The maximum absolute atomic E-state index is 5.76. The lowest BCUT2D eigenvalue weighted by molar-refractivity contribution is 0.768. The van der Waals surface area contributed by atoms with E-state index in [9.17, 15) is 0 Å². The molecule has 0 fully saturated rings. The third kappa shape index (κ3) is 2.24. The van der Waals surface area contributed by atoms with Crippen molar-refractivity contribution < 1.29 is 0 Å². The quantitative estimate of drug-likeness (QED) is 0.876. The number of aromatic nitrogens is 3. The van der Waals surface area contributed by atoms with E-state index in [-0.39, 0.29) is 0 Å². The van der Waals surface area contributed by atoms with Gasteiger partial charge in [0.2, 0.25) is 0 Å². The fraction of sp³-hybridized carbons (Fsp3) is 0.250. The fourth-order valence-corrected chi connectivity index (χ4v) is 1.96. The first-order valence-electron chi connectivity index (χ1n) is 4.07. The summed E-state index contributed by atoms with van der Waals surface area (Å²) in [7, 11) is 1.88. The molecule has 0 bridgehead atoms. The van der Waals surface area contributed by atoms with Gasteiger partial charge in [-0.05, 0) is 0 Å². The Bertz CT molecular complexity index is 382. The average molecular weight is 229 g/mol. The van der Waals surface area contributed by atoms with Crippen molar-refractivity contribution in [1.29, 1.82) is 0 Å². The third-order valence-electron chi connectivity index (χ3n) is 1.67. The molecule has 4 nitrogen and oxygen atoms in total. The lowest BCUT2D eigenvalue weighted by Crippen LogP contribution is -1.97. The van der Waals surface area contributed by atoms with Crippen LogP contribution >= 0.6 is 22.9 Å². The molecule has 0 aliphatic heterocycles. The number of nitrogens with zero attached hydrogens (tertiary/aromatic N) is 3. The summed E-state index contributed by atoms with van der Waals surface area (Å²) in [6, 6.07) is 0. The van der Waals surface area contributed by atoms with Gasteiger partial charge >= 0.3 is 0 Å². The van der Waals surface area contributed by atoms with Crippen molar-refractivity contribution in [2.75, 3.05) is 5.32 Å². The predicted octanol–water partition coefficient (Wildman–Crippen LogP) is 2.14. The van der Waals surface area contributed by atoms with Crippen molar-refractivity contribution in [2.45, 2.75) is 6.54 Å². The summed E-state index contributed by atoms with van der Waals surface area (Å²) in [5, 5.41) is 8.22. The van der Waals surface area contributed by atoms with Crippen molar-refractivity contribution in [3.8, 4) is 0 Å². The summed E-state index contributed by atoms with van der Waals surface area (Å²) in [5.41, 5.74) is 0.985. The van der Waals surface area contributed by atoms with E-state index in [1.54, 1.807) is 17.1 Å². The van der Waals surface area contributed by atoms with Crippen molar-refractivity contribution in [3.05, 3.63) is 27.9 Å². The van der Waals surface area contributed by atoms with Gasteiger partial charge in [0.15, 0.2) is 0 Å². The minimum absolute atomic E-state index is 0.684. The van der Waals surface area contributed by atoms with Crippen molar-refractivity contribution in [2.24, 2.45) is 7.05 Å². The Morgan fingerprint density at radius 3 is 3.00 bits per heavy atom. The van der Waals surface area contributed by atoms with Crippen LogP contribution in [0.3, 0.4) is 0 Å². The van der Waals surface area contributed by atoms with Crippen LogP contribution in [0.1, 0.15) is 5.01 Å². The summed E-state index contributed by atoms with van der Waals surface area (Å²) < 4.78 is 2.46. The largest absolute Gasteiger partial charge is 0.376 e. The molecule has 0 radical (unpaired) electrons. The van der Waals surface area contributed by atoms with E-state index in [1.807, 2.05) is 13.2 Å². The molecule has 1 N–H and O–H groups in total.